The Labute approximate surface area is 428 Å². The van der Waals surface area contributed by atoms with Gasteiger partial charge in [0.1, 0.15) is 0 Å². The number of para-hydroxylation sites is 3. The molecular formula is C69H45N5. The van der Waals surface area contributed by atoms with Gasteiger partial charge in [-0.05, 0) is 94.0 Å². The van der Waals surface area contributed by atoms with Crippen LogP contribution in [0.2, 0.25) is 0 Å². The topological polar surface area (TPSA) is 48.5 Å². The summed E-state index contributed by atoms with van der Waals surface area (Å²) in [5, 5.41) is 4.76. The third kappa shape index (κ3) is 7.37. The average Bonchev–Trinajstić information content (AvgIpc) is 4.07. The zero-order valence-electron chi connectivity index (χ0n) is 40.2. The van der Waals surface area contributed by atoms with Crippen LogP contribution in [0.3, 0.4) is 0 Å². The highest BCUT2D eigenvalue weighted by atomic mass is 15.0. The van der Waals surface area contributed by atoms with E-state index in [4.69, 9.17) is 15.0 Å². The highest BCUT2D eigenvalue weighted by Crippen LogP contribution is 2.47. The minimum atomic E-state index is 0.580. The number of aromatic nitrogens is 5. The van der Waals surface area contributed by atoms with Gasteiger partial charge in [0.25, 0.3) is 0 Å². The number of hydrogen-bond acceptors (Lipinski definition) is 3. The molecule has 11 aromatic carbocycles. The van der Waals surface area contributed by atoms with E-state index in [1.54, 1.807) is 0 Å². The van der Waals surface area contributed by atoms with Crippen molar-refractivity contribution < 1.29 is 0 Å². The first-order valence-corrected chi connectivity index (χ1v) is 25.1. The summed E-state index contributed by atoms with van der Waals surface area (Å²) in [5.41, 5.74) is 18.1. The van der Waals surface area contributed by atoms with Crippen LogP contribution in [-0.2, 0) is 0 Å². The van der Waals surface area contributed by atoms with Gasteiger partial charge in [0.05, 0.1) is 27.8 Å². The fourth-order valence-electron chi connectivity index (χ4n) is 11.0. The number of nitrogens with zero attached hydrogens (tertiary/aromatic N) is 5. The Bertz CT molecular complexity index is 4260. The van der Waals surface area contributed by atoms with Gasteiger partial charge >= 0.3 is 0 Å². The molecule has 346 valence electrons. The van der Waals surface area contributed by atoms with E-state index in [0.29, 0.717) is 17.5 Å². The molecule has 3 heterocycles. The van der Waals surface area contributed by atoms with E-state index >= 15 is 0 Å². The lowest BCUT2D eigenvalue weighted by molar-refractivity contribution is 1.07. The smallest absolute Gasteiger partial charge is 0.164 e. The first kappa shape index (κ1) is 42.9. The highest BCUT2D eigenvalue weighted by Gasteiger charge is 2.26. The van der Waals surface area contributed by atoms with Gasteiger partial charge in [-0.25, -0.2) is 15.0 Å². The van der Waals surface area contributed by atoms with Gasteiger partial charge < -0.3 is 9.13 Å². The number of rotatable bonds is 9. The van der Waals surface area contributed by atoms with Crippen LogP contribution in [0.25, 0.3) is 134 Å². The van der Waals surface area contributed by atoms with Gasteiger partial charge in [-0.3, -0.25) is 0 Å². The van der Waals surface area contributed by atoms with Crippen LogP contribution >= 0.6 is 0 Å². The molecule has 0 bridgehead atoms. The summed E-state index contributed by atoms with van der Waals surface area (Å²) in [6, 6.07) is 97.2. The molecule has 0 aliphatic heterocycles. The molecule has 3 aromatic heterocycles. The fraction of sp³-hybridized carbons (Fsp3) is 0. The Morgan fingerprint density at radius 2 is 0.635 bits per heavy atom. The molecule has 14 rings (SSSR count). The van der Waals surface area contributed by atoms with Gasteiger partial charge in [-0.2, -0.15) is 0 Å². The molecule has 5 heteroatoms. The number of benzene rings is 11. The molecule has 0 unspecified atom stereocenters. The van der Waals surface area contributed by atoms with Crippen LogP contribution in [0.15, 0.2) is 273 Å². The third-order valence-electron chi connectivity index (χ3n) is 14.3. The number of fused-ring (bicyclic) bond motifs is 7. The van der Waals surface area contributed by atoms with Gasteiger partial charge in [-0.1, -0.05) is 212 Å². The van der Waals surface area contributed by atoms with E-state index in [1.807, 2.05) is 18.2 Å². The minimum absolute atomic E-state index is 0.580. The van der Waals surface area contributed by atoms with E-state index in [1.165, 1.54) is 21.5 Å². The van der Waals surface area contributed by atoms with Crippen LogP contribution in [0.1, 0.15) is 0 Å². The summed E-state index contributed by atoms with van der Waals surface area (Å²) in [6.07, 6.45) is 0. The Morgan fingerprint density at radius 3 is 1.16 bits per heavy atom. The predicted octanol–water partition coefficient (Wildman–Crippen LogP) is 17.7. The number of hydrogen-bond donors (Lipinski definition) is 0. The van der Waals surface area contributed by atoms with Crippen molar-refractivity contribution in [3.8, 4) is 90.0 Å². The maximum absolute atomic E-state index is 5.51. The van der Waals surface area contributed by atoms with Crippen LogP contribution in [0, 0.1) is 0 Å². The SMILES string of the molecule is c1ccc(-c2cc(-c3ccccc3)cc(-c3nc(-c4ccccc4)nc(-c4cc(-c5ccccc5)c(-n5c6ccccc6c6ccc7c(c8ccccc8n7-c7ccccc7)c65)c(-c5ccccc5)c4)n3)c2)cc1. The summed E-state index contributed by atoms with van der Waals surface area (Å²) in [6.45, 7) is 0. The van der Waals surface area contributed by atoms with Crippen molar-refractivity contribution in [1.29, 1.82) is 0 Å². The molecule has 74 heavy (non-hydrogen) atoms. The Morgan fingerprint density at radius 1 is 0.243 bits per heavy atom. The van der Waals surface area contributed by atoms with Crippen molar-refractivity contribution >= 4 is 43.6 Å². The molecule has 0 aliphatic rings. The van der Waals surface area contributed by atoms with Crippen molar-refractivity contribution in [2.24, 2.45) is 0 Å². The molecule has 0 atom stereocenters. The molecule has 0 fully saturated rings. The Kier molecular flexibility index (Phi) is 10.4. The zero-order valence-corrected chi connectivity index (χ0v) is 40.2. The second kappa shape index (κ2) is 18.0. The summed E-state index contributed by atoms with van der Waals surface area (Å²) in [7, 11) is 0. The van der Waals surface area contributed by atoms with E-state index in [0.717, 1.165) is 94.6 Å². The molecular weight excluding hydrogens is 899 g/mol. The van der Waals surface area contributed by atoms with Crippen LogP contribution < -0.4 is 0 Å². The fourth-order valence-corrected chi connectivity index (χ4v) is 11.0. The average molecular weight is 944 g/mol. The third-order valence-corrected chi connectivity index (χ3v) is 14.3. The summed E-state index contributed by atoms with van der Waals surface area (Å²) in [5.74, 6) is 1.77. The molecule has 0 aliphatic carbocycles. The monoisotopic (exact) mass is 943 g/mol. The van der Waals surface area contributed by atoms with Crippen LogP contribution in [0.5, 0.6) is 0 Å². The lowest BCUT2D eigenvalue weighted by Gasteiger charge is -2.21. The lowest BCUT2D eigenvalue weighted by atomic mass is 9.92. The van der Waals surface area contributed by atoms with Gasteiger partial charge in [0.2, 0.25) is 0 Å². The van der Waals surface area contributed by atoms with E-state index in [9.17, 15) is 0 Å². The van der Waals surface area contributed by atoms with Crippen molar-refractivity contribution in [3.05, 3.63) is 273 Å². The Hall–Kier alpha value is -9.97. The predicted molar refractivity (Wildman–Crippen MR) is 307 cm³/mol. The summed E-state index contributed by atoms with van der Waals surface area (Å²) in [4.78, 5) is 16.2. The molecule has 0 radical (unpaired) electrons. The lowest BCUT2D eigenvalue weighted by Crippen LogP contribution is -2.04. The molecule has 5 nitrogen and oxygen atoms in total. The zero-order chi connectivity index (χ0) is 49.0. The van der Waals surface area contributed by atoms with Crippen molar-refractivity contribution in [2.45, 2.75) is 0 Å². The second-order valence-corrected chi connectivity index (χ2v) is 18.8. The molecule has 0 N–H and O–H groups in total. The molecule has 0 amide bonds. The van der Waals surface area contributed by atoms with Crippen molar-refractivity contribution in [3.63, 3.8) is 0 Å². The second-order valence-electron chi connectivity index (χ2n) is 18.8. The largest absolute Gasteiger partial charge is 0.309 e. The maximum Gasteiger partial charge on any atom is 0.164 e. The normalized spacial score (nSPS) is 11.5. The van der Waals surface area contributed by atoms with Crippen LogP contribution in [-0.4, -0.2) is 24.1 Å². The standard InChI is InChI=1S/C69H45N5/c1-7-23-46(24-8-1)51-41-52(47-25-9-2-10-26-47)43-53(42-51)68-70-67(50-31-15-5-16-32-50)71-69(72-68)54-44-59(48-27-11-3-12-28-48)65(60(45-54)49-29-13-4-14-30-49)74-61-37-21-19-35-56(61)57-39-40-63-64(66(57)74)58-36-20-22-38-62(58)73(63)55-33-17-6-18-34-55/h1-45H. The summed E-state index contributed by atoms with van der Waals surface area (Å²) < 4.78 is 4.95. The van der Waals surface area contributed by atoms with E-state index in [2.05, 4.69) is 264 Å². The van der Waals surface area contributed by atoms with Gasteiger partial charge in [0, 0.05) is 55.0 Å². The van der Waals surface area contributed by atoms with Gasteiger partial charge in [0.15, 0.2) is 17.5 Å². The maximum atomic E-state index is 5.51. The van der Waals surface area contributed by atoms with Crippen LogP contribution in [0.4, 0.5) is 0 Å². The Balaban J connectivity index is 1.09. The van der Waals surface area contributed by atoms with Crippen molar-refractivity contribution in [1.82, 2.24) is 24.1 Å². The first-order valence-electron chi connectivity index (χ1n) is 25.1. The quantitative estimate of drug-likeness (QED) is 0.145. The minimum Gasteiger partial charge on any atom is -0.309 e. The van der Waals surface area contributed by atoms with E-state index < -0.39 is 0 Å². The van der Waals surface area contributed by atoms with Gasteiger partial charge in [-0.15, -0.1) is 0 Å². The first-order chi connectivity index (χ1) is 36.7. The van der Waals surface area contributed by atoms with E-state index in [-0.39, 0.29) is 0 Å². The van der Waals surface area contributed by atoms with Crippen molar-refractivity contribution in [2.75, 3.05) is 0 Å². The highest BCUT2D eigenvalue weighted by molar-refractivity contribution is 6.26. The molecule has 0 saturated heterocycles. The summed E-state index contributed by atoms with van der Waals surface area (Å²) >= 11 is 0. The molecule has 0 saturated carbocycles. The molecule has 14 aromatic rings. The molecule has 0 spiro atoms.